The lowest BCUT2D eigenvalue weighted by molar-refractivity contribution is 1.17. The maximum atomic E-state index is 5.86. The Balaban J connectivity index is 2.16. The first-order valence-electron chi connectivity index (χ1n) is 5.53. The van der Waals surface area contributed by atoms with Crippen molar-refractivity contribution >= 4 is 11.6 Å². The fourth-order valence-electron chi connectivity index (χ4n) is 1.81. The van der Waals surface area contributed by atoms with Gasteiger partial charge in [0.25, 0.3) is 0 Å². The lowest BCUT2D eigenvalue weighted by Gasteiger charge is -2.04. The summed E-state index contributed by atoms with van der Waals surface area (Å²) in [7, 11) is 0. The van der Waals surface area contributed by atoms with Crippen LogP contribution in [0.3, 0.4) is 0 Å². The first-order chi connectivity index (χ1) is 8.28. The van der Waals surface area contributed by atoms with Gasteiger partial charge in [0.05, 0.1) is 0 Å². The third-order valence-corrected chi connectivity index (χ3v) is 2.87. The zero-order chi connectivity index (χ0) is 12.1. The van der Waals surface area contributed by atoms with Crippen molar-refractivity contribution in [3.63, 3.8) is 0 Å². The van der Waals surface area contributed by atoms with Gasteiger partial charge in [0.15, 0.2) is 0 Å². The van der Waals surface area contributed by atoms with E-state index in [-0.39, 0.29) is 0 Å². The largest absolute Gasteiger partial charge is 0.120 e. The lowest BCUT2D eigenvalue weighted by Crippen LogP contribution is -1.90. The molecule has 0 fully saturated rings. The fraction of sp³-hybridized carbons (Fsp3) is 0.125. The van der Waals surface area contributed by atoms with Gasteiger partial charge >= 0.3 is 0 Å². The Bertz CT molecular complexity index is 532. The summed E-state index contributed by atoms with van der Waals surface area (Å²) < 4.78 is 0. The molecule has 0 N–H and O–H groups in total. The van der Waals surface area contributed by atoms with Crippen molar-refractivity contribution in [2.75, 3.05) is 0 Å². The molecule has 0 aliphatic carbocycles. The summed E-state index contributed by atoms with van der Waals surface area (Å²) in [5.74, 6) is 2.67. The highest BCUT2D eigenvalue weighted by Gasteiger charge is 1.98. The van der Waals surface area contributed by atoms with Crippen molar-refractivity contribution in [3.05, 3.63) is 70.2 Å². The van der Waals surface area contributed by atoms with E-state index >= 15 is 0 Å². The van der Waals surface area contributed by atoms with Crippen LogP contribution in [-0.2, 0) is 12.8 Å². The molecule has 0 saturated heterocycles. The van der Waals surface area contributed by atoms with Gasteiger partial charge < -0.3 is 0 Å². The summed E-state index contributed by atoms with van der Waals surface area (Å²) in [4.78, 5) is 0. The third kappa shape index (κ3) is 3.37. The lowest BCUT2D eigenvalue weighted by atomic mass is 10.0. The van der Waals surface area contributed by atoms with Crippen molar-refractivity contribution < 1.29 is 0 Å². The van der Waals surface area contributed by atoms with Crippen LogP contribution >= 0.6 is 11.6 Å². The molecule has 0 bridgehead atoms. The summed E-state index contributed by atoms with van der Waals surface area (Å²) in [5.41, 5.74) is 3.73. The second-order valence-electron chi connectivity index (χ2n) is 4.00. The molecule has 0 aliphatic rings. The average Bonchev–Trinajstić information content (AvgIpc) is 2.33. The first-order valence-corrected chi connectivity index (χ1v) is 5.91. The molecule has 17 heavy (non-hydrogen) atoms. The van der Waals surface area contributed by atoms with E-state index in [4.69, 9.17) is 18.0 Å². The number of hydrogen-bond acceptors (Lipinski definition) is 0. The van der Waals surface area contributed by atoms with Gasteiger partial charge in [-0.1, -0.05) is 48.0 Å². The van der Waals surface area contributed by atoms with E-state index in [1.54, 1.807) is 0 Å². The Morgan fingerprint density at radius 1 is 0.941 bits per heavy atom. The summed E-state index contributed by atoms with van der Waals surface area (Å²) in [6.07, 6.45) is 6.92. The SMILES string of the molecule is C#CCc1cccc(Cc2ccc(Cl)cc2)c1. The Morgan fingerprint density at radius 2 is 1.65 bits per heavy atom. The van der Waals surface area contributed by atoms with E-state index in [0.717, 1.165) is 11.4 Å². The van der Waals surface area contributed by atoms with Crippen LogP contribution in [0.5, 0.6) is 0 Å². The predicted molar refractivity (Wildman–Crippen MR) is 73.2 cm³/mol. The van der Waals surface area contributed by atoms with E-state index in [9.17, 15) is 0 Å². The summed E-state index contributed by atoms with van der Waals surface area (Å²) >= 11 is 5.86. The standard InChI is InChI=1S/C16H13Cl/c1-2-4-13-5-3-6-15(11-13)12-14-7-9-16(17)10-8-14/h1,3,5-11H,4,12H2. The Hall–Kier alpha value is -1.71. The van der Waals surface area contributed by atoms with Crippen molar-refractivity contribution in [1.82, 2.24) is 0 Å². The smallest absolute Gasteiger partial charge is 0.0406 e. The molecule has 1 heteroatoms. The highest BCUT2D eigenvalue weighted by Crippen LogP contribution is 2.14. The molecule has 84 valence electrons. The van der Waals surface area contributed by atoms with Gasteiger partial charge in [-0.05, 0) is 35.2 Å². The molecule has 0 aromatic heterocycles. The highest BCUT2D eigenvalue weighted by molar-refractivity contribution is 6.30. The van der Waals surface area contributed by atoms with Gasteiger partial charge in [0, 0.05) is 11.4 Å². The Labute approximate surface area is 107 Å². The Kier molecular flexibility index (Phi) is 3.85. The maximum absolute atomic E-state index is 5.86. The molecule has 0 spiro atoms. The van der Waals surface area contributed by atoms with Crippen molar-refractivity contribution in [3.8, 4) is 12.3 Å². The molecule has 0 unspecified atom stereocenters. The molecule has 0 atom stereocenters. The van der Waals surface area contributed by atoms with Crippen LogP contribution in [-0.4, -0.2) is 0 Å². The van der Waals surface area contributed by atoms with E-state index in [2.05, 4.69) is 42.3 Å². The van der Waals surface area contributed by atoms with Crippen LogP contribution in [0.2, 0.25) is 5.02 Å². The molecule has 2 aromatic rings. The third-order valence-electron chi connectivity index (χ3n) is 2.62. The van der Waals surface area contributed by atoms with Crippen LogP contribution in [0.4, 0.5) is 0 Å². The molecule has 2 rings (SSSR count). The van der Waals surface area contributed by atoms with Crippen LogP contribution in [0.1, 0.15) is 16.7 Å². The molecule has 0 heterocycles. The minimum Gasteiger partial charge on any atom is -0.120 e. The molecule has 0 amide bonds. The fourth-order valence-corrected chi connectivity index (χ4v) is 1.93. The van der Waals surface area contributed by atoms with Crippen LogP contribution in [0.25, 0.3) is 0 Å². The van der Waals surface area contributed by atoms with E-state index in [0.29, 0.717) is 6.42 Å². The van der Waals surface area contributed by atoms with Gasteiger partial charge in [-0.25, -0.2) is 0 Å². The van der Waals surface area contributed by atoms with Gasteiger partial charge in [-0.15, -0.1) is 12.3 Å². The van der Waals surface area contributed by atoms with Crippen LogP contribution < -0.4 is 0 Å². The predicted octanol–water partition coefficient (Wildman–Crippen LogP) is 4.11. The van der Waals surface area contributed by atoms with Crippen molar-refractivity contribution in [2.45, 2.75) is 12.8 Å². The Morgan fingerprint density at radius 3 is 2.35 bits per heavy atom. The summed E-state index contributed by atoms with van der Waals surface area (Å²) in [5, 5.41) is 0.773. The number of benzene rings is 2. The quantitative estimate of drug-likeness (QED) is 0.709. The monoisotopic (exact) mass is 240 g/mol. The summed E-state index contributed by atoms with van der Waals surface area (Å²) in [6.45, 7) is 0. The molecular formula is C16H13Cl. The van der Waals surface area contributed by atoms with Gasteiger partial charge in [-0.2, -0.15) is 0 Å². The number of terminal acetylenes is 1. The molecule has 2 aromatic carbocycles. The number of halogens is 1. The molecular weight excluding hydrogens is 228 g/mol. The molecule has 0 aliphatic heterocycles. The minimum atomic E-state index is 0.689. The number of rotatable bonds is 3. The molecule has 0 saturated carbocycles. The van der Waals surface area contributed by atoms with Gasteiger partial charge in [0.2, 0.25) is 0 Å². The minimum absolute atomic E-state index is 0.689. The van der Waals surface area contributed by atoms with E-state index in [1.165, 1.54) is 16.7 Å². The average molecular weight is 241 g/mol. The van der Waals surface area contributed by atoms with Gasteiger partial charge in [0.1, 0.15) is 0 Å². The molecule has 0 radical (unpaired) electrons. The van der Waals surface area contributed by atoms with E-state index < -0.39 is 0 Å². The van der Waals surface area contributed by atoms with E-state index in [1.807, 2.05) is 12.1 Å². The first kappa shape index (κ1) is 11.8. The van der Waals surface area contributed by atoms with Crippen LogP contribution in [0.15, 0.2) is 48.5 Å². The topological polar surface area (TPSA) is 0 Å². The zero-order valence-corrected chi connectivity index (χ0v) is 10.2. The normalized spacial score (nSPS) is 9.88. The van der Waals surface area contributed by atoms with Crippen LogP contribution in [0, 0.1) is 12.3 Å². The highest BCUT2D eigenvalue weighted by atomic mass is 35.5. The second-order valence-corrected chi connectivity index (χ2v) is 4.44. The van der Waals surface area contributed by atoms with Gasteiger partial charge in [-0.3, -0.25) is 0 Å². The molecule has 0 nitrogen and oxygen atoms in total. The zero-order valence-electron chi connectivity index (χ0n) is 9.49. The maximum Gasteiger partial charge on any atom is 0.0406 e. The number of hydrogen-bond donors (Lipinski definition) is 0. The van der Waals surface area contributed by atoms with Crippen molar-refractivity contribution in [2.24, 2.45) is 0 Å². The second kappa shape index (κ2) is 5.57. The summed E-state index contributed by atoms with van der Waals surface area (Å²) in [6, 6.07) is 16.3. The van der Waals surface area contributed by atoms with Crippen molar-refractivity contribution in [1.29, 1.82) is 0 Å².